The van der Waals surface area contributed by atoms with Crippen LogP contribution in [-0.2, 0) is 21.0 Å². The number of benzene rings is 1. The fourth-order valence-corrected chi connectivity index (χ4v) is 4.05. The van der Waals surface area contributed by atoms with E-state index in [1.807, 2.05) is 0 Å². The number of ether oxygens (including phenoxy) is 1. The number of carbonyl (C=O) groups excluding carboxylic acids is 1. The molecule has 0 radical (unpaired) electrons. The summed E-state index contributed by atoms with van der Waals surface area (Å²) in [7, 11) is -4.47. The van der Waals surface area contributed by atoms with E-state index < -0.39 is 31.7 Å². The summed E-state index contributed by atoms with van der Waals surface area (Å²) >= 11 is 5.58. The molecule has 0 aliphatic rings. The van der Waals surface area contributed by atoms with E-state index in [-0.39, 0.29) is 35.5 Å². The first-order valence-corrected chi connectivity index (χ1v) is 11.7. The van der Waals surface area contributed by atoms with Crippen molar-refractivity contribution < 1.29 is 31.1 Å². The lowest BCUT2D eigenvalue weighted by Gasteiger charge is -2.15. The molecule has 1 aromatic carbocycles. The highest BCUT2D eigenvalue weighted by atomic mass is 35.5. The summed E-state index contributed by atoms with van der Waals surface area (Å²) < 4.78 is 73.0. The third kappa shape index (κ3) is 6.70. The zero-order valence-electron chi connectivity index (χ0n) is 18.1. The van der Waals surface area contributed by atoms with Gasteiger partial charge in [-0.15, -0.1) is 6.58 Å². The van der Waals surface area contributed by atoms with E-state index in [1.165, 1.54) is 36.7 Å². The number of anilines is 2. The molecule has 0 aliphatic carbocycles. The predicted molar refractivity (Wildman–Crippen MR) is 124 cm³/mol. The van der Waals surface area contributed by atoms with Crippen molar-refractivity contribution in [1.29, 1.82) is 0 Å². The minimum absolute atomic E-state index is 0.106. The summed E-state index contributed by atoms with van der Waals surface area (Å²) in [4.78, 5) is 19.1. The molecule has 0 fully saturated rings. The van der Waals surface area contributed by atoms with Gasteiger partial charge in [-0.2, -0.15) is 13.2 Å². The van der Waals surface area contributed by atoms with Gasteiger partial charge in [0.05, 0.1) is 21.7 Å². The van der Waals surface area contributed by atoms with Crippen LogP contribution in [0.4, 0.5) is 24.7 Å². The number of hydrogen-bond donors (Lipinski definition) is 2. The minimum atomic E-state index is -4.84. The Balaban J connectivity index is 1.86. The highest BCUT2D eigenvalue weighted by molar-refractivity contribution is 7.92. The lowest BCUT2D eigenvalue weighted by molar-refractivity contribution is -0.137. The van der Waals surface area contributed by atoms with Crippen LogP contribution in [0.15, 0.2) is 66.3 Å². The predicted octanol–water partition coefficient (Wildman–Crippen LogP) is 5.56. The van der Waals surface area contributed by atoms with Crippen LogP contribution in [0.1, 0.15) is 17.5 Å². The molecule has 0 atom stereocenters. The second kappa shape index (κ2) is 10.3. The molecule has 2 heterocycles. The third-order valence-electron chi connectivity index (χ3n) is 4.33. The molecule has 2 N–H and O–H groups in total. The number of rotatable bonds is 8. The number of aryl methyl sites for hydroxylation is 1. The zero-order valence-corrected chi connectivity index (χ0v) is 19.6. The van der Waals surface area contributed by atoms with Gasteiger partial charge in [-0.3, -0.25) is 9.52 Å². The van der Waals surface area contributed by atoms with Gasteiger partial charge in [-0.25, -0.2) is 18.4 Å². The van der Waals surface area contributed by atoms with E-state index in [0.717, 1.165) is 12.1 Å². The van der Waals surface area contributed by atoms with E-state index in [0.29, 0.717) is 11.6 Å². The number of halogens is 4. The van der Waals surface area contributed by atoms with Gasteiger partial charge in [0.2, 0.25) is 11.8 Å². The largest absolute Gasteiger partial charge is 0.435 e. The lowest BCUT2D eigenvalue weighted by atomic mass is 10.2. The minimum Gasteiger partial charge on any atom is -0.435 e. The third-order valence-corrected chi connectivity index (χ3v) is 6.03. The second-order valence-electron chi connectivity index (χ2n) is 7.13. The Morgan fingerprint density at radius 3 is 2.54 bits per heavy atom. The molecule has 184 valence electrons. The second-order valence-corrected chi connectivity index (χ2v) is 9.22. The summed E-state index contributed by atoms with van der Waals surface area (Å²) in [6.45, 7) is 5.11. The van der Waals surface area contributed by atoms with Crippen LogP contribution in [0.3, 0.4) is 0 Å². The van der Waals surface area contributed by atoms with Gasteiger partial charge in [-0.1, -0.05) is 17.7 Å². The molecule has 35 heavy (non-hydrogen) atoms. The first-order valence-electron chi connectivity index (χ1n) is 9.80. The molecule has 8 nitrogen and oxygen atoms in total. The molecule has 1 amide bonds. The van der Waals surface area contributed by atoms with Crippen molar-refractivity contribution in [3.05, 3.63) is 77.6 Å². The SMILES string of the molecule is C=CCC(=O)Nc1ccc(Oc2ncc(C)cc2NS(=O)(=O)c2ccc(Cl)c(C(F)(F)F)c2)cn1. The van der Waals surface area contributed by atoms with Crippen LogP contribution in [0, 0.1) is 6.92 Å². The molecule has 3 rings (SSSR count). The first-order chi connectivity index (χ1) is 16.4. The molecule has 0 bridgehead atoms. The maximum Gasteiger partial charge on any atom is 0.417 e. The van der Waals surface area contributed by atoms with Crippen molar-refractivity contribution in [3.63, 3.8) is 0 Å². The Morgan fingerprint density at radius 2 is 1.91 bits per heavy atom. The Labute approximate surface area is 203 Å². The van der Waals surface area contributed by atoms with Crippen molar-refractivity contribution in [2.45, 2.75) is 24.4 Å². The summed E-state index contributed by atoms with van der Waals surface area (Å²) in [5.74, 6) is -0.0667. The van der Waals surface area contributed by atoms with Crippen LogP contribution in [0.2, 0.25) is 5.02 Å². The van der Waals surface area contributed by atoms with Crippen molar-refractivity contribution in [3.8, 4) is 11.6 Å². The fraction of sp³-hybridized carbons (Fsp3) is 0.136. The average Bonchev–Trinajstić information content (AvgIpc) is 2.76. The number of carbonyl (C=O) groups is 1. The highest BCUT2D eigenvalue weighted by Crippen LogP contribution is 2.37. The summed E-state index contributed by atoms with van der Waals surface area (Å²) in [6.07, 6.45) is -0.611. The van der Waals surface area contributed by atoms with E-state index in [9.17, 15) is 26.4 Å². The van der Waals surface area contributed by atoms with Crippen LogP contribution < -0.4 is 14.8 Å². The van der Waals surface area contributed by atoms with E-state index in [2.05, 4.69) is 26.6 Å². The van der Waals surface area contributed by atoms with Gasteiger partial charge < -0.3 is 10.1 Å². The van der Waals surface area contributed by atoms with Gasteiger partial charge in [0.1, 0.15) is 17.3 Å². The number of sulfonamides is 1. The maximum absolute atomic E-state index is 13.2. The number of nitrogens with one attached hydrogen (secondary N) is 2. The summed E-state index contributed by atoms with van der Waals surface area (Å²) in [5, 5.41) is 1.92. The first kappa shape index (κ1) is 26.0. The summed E-state index contributed by atoms with van der Waals surface area (Å²) in [5.41, 5.74) is -0.843. The Kier molecular flexibility index (Phi) is 7.66. The van der Waals surface area contributed by atoms with Gasteiger partial charge in [0.25, 0.3) is 10.0 Å². The zero-order chi connectivity index (χ0) is 25.8. The molecule has 0 spiro atoms. The molecular weight excluding hydrogens is 509 g/mol. The van der Waals surface area contributed by atoms with E-state index in [1.54, 1.807) is 6.92 Å². The number of aromatic nitrogens is 2. The van der Waals surface area contributed by atoms with Crippen LogP contribution in [0.25, 0.3) is 0 Å². The molecular formula is C22H18ClF3N4O4S. The van der Waals surface area contributed by atoms with E-state index >= 15 is 0 Å². The molecule has 2 aromatic heterocycles. The molecule has 13 heteroatoms. The van der Waals surface area contributed by atoms with Gasteiger partial charge >= 0.3 is 6.18 Å². The average molecular weight is 527 g/mol. The van der Waals surface area contributed by atoms with Crippen molar-refractivity contribution >= 4 is 39.0 Å². The van der Waals surface area contributed by atoms with Crippen molar-refractivity contribution in [1.82, 2.24) is 9.97 Å². The Morgan fingerprint density at radius 1 is 1.17 bits per heavy atom. The number of nitrogens with zero attached hydrogens (tertiary/aromatic N) is 2. The van der Waals surface area contributed by atoms with Gasteiger partial charge in [0.15, 0.2) is 0 Å². The number of hydrogen-bond acceptors (Lipinski definition) is 6. The number of pyridine rings is 2. The molecule has 0 saturated heterocycles. The fourth-order valence-electron chi connectivity index (χ4n) is 2.75. The maximum atomic E-state index is 13.2. The highest BCUT2D eigenvalue weighted by Gasteiger charge is 2.34. The molecule has 0 aliphatic heterocycles. The van der Waals surface area contributed by atoms with Crippen LogP contribution in [-0.4, -0.2) is 24.3 Å². The monoisotopic (exact) mass is 526 g/mol. The topological polar surface area (TPSA) is 110 Å². The van der Waals surface area contributed by atoms with Crippen molar-refractivity contribution in [2.24, 2.45) is 0 Å². The Bertz CT molecular complexity index is 1360. The van der Waals surface area contributed by atoms with Gasteiger partial charge in [-0.05, 0) is 48.9 Å². The Hall–Kier alpha value is -3.64. The van der Waals surface area contributed by atoms with E-state index in [4.69, 9.17) is 16.3 Å². The van der Waals surface area contributed by atoms with Crippen LogP contribution in [0.5, 0.6) is 11.6 Å². The lowest BCUT2D eigenvalue weighted by Crippen LogP contribution is -2.16. The van der Waals surface area contributed by atoms with Gasteiger partial charge in [0, 0.05) is 12.6 Å². The molecule has 3 aromatic rings. The quantitative estimate of drug-likeness (QED) is 0.372. The normalized spacial score (nSPS) is 11.6. The molecule has 0 unspecified atom stereocenters. The number of amides is 1. The van der Waals surface area contributed by atoms with Crippen molar-refractivity contribution in [2.75, 3.05) is 10.0 Å². The van der Waals surface area contributed by atoms with Crippen LogP contribution >= 0.6 is 11.6 Å². The molecule has 0 saturated carbocycles. The standard InChI is InChI=1S/C22H18ClF3N4O4S/c1-3-4-20(31)29-19-8-5-14(12-27-19)34-21-18(9-13(2)11-28-21)30-35(32,33)15-6-7-17(23)16(10-15)22(24,25)26/h3,5-12,30H,1,4H2,2H3,(H,27,29,31). The smallest absolute Gasteiger partial charge is 0.417 e. The summed E-state index contributed by atoms with van der Waals surface area (Å²) in [6, 6.07) is 6.57. The number of alkyl halides is 3.